The zero-order valence-corrected chi connectivity index (χ0v) is 17.9. The van der Waals surface area contributed by atoms with Crippen molar-refractivity contribution in [1.29, 1.82) is 0 Å². The van der Waals surface area contributed by atoms with Crippen LogP contribution in [0.5, 0.6) is 0 Å². The molecule has 0 bridgehead atoms. The van der Waals surface area contributed by atoms with Crippen LogP contribution in [0, 0.1) is 22.0 Å². The van der Waals surface area contributed by atoms with E-state index in [-0.39, 0.29) is 17.9 Å². The predicted octanol–water partition coefficient (Wildman–Crippen LogP) is 2.93. The molecule has 1 aliphatic heterocycles. The monoisotopic (exact) mass is 453 g/mol. The van der Waals surface area contributed by atoms with Crippen LogP contribution in [0.1, 0.15) is 23.7 Å². The Morgan fingerprint density at radius 1 is 1.25 bits per heavy atom. The van der Waals surface area contributed by atoms with Crippen molar-refractivity contribution in [2.45, 2.75) is 23.8 Å². The lowest BCUT2D eigenvalue weighted by Gasteiger charge is -2.33. The van der Waals surface area contributed by atoms with Crippen LogP contribution in [-0.2, 0) is 26.0 Å². The fourth-order valence-electron chi connectivity index (χ4n) is 4.01. The minimum absolute atomic E-state index is 0.00871. The van der Waals surface area contributed by atoms with Crippen molar-refractivity contribution in [2.24, 2.45) is 0 Å². The van der Waals surface area contributed by atoms with Crippen LogP contribution in [-0.4, -0.2) is 42.3 Å². The molecule has 0 amide bonds. The minimum atomic E-state index is -4.24. The number of esters is 1. The number of rotatable bonds is 4. The molecule has 9 nitrogen and oxygen atoms in total. The number of nitrogens with one attached hydrogen (secondary N) is 1. The summed E-state index contributed by atoms with van der Waals surface area (Å²) in [6.07, 6.45) is 0.439. The topological polar surface area (TPSA) is 123 Å². The molecule has 0 aliphatic carbocycles. The third-order valence-corrected chi connectivity index (χ3v) is 7.39. The first-order valence-corrected chi connectivity index (χ1v) is 11.2. The molecule has 0 radical (unpaired) electrons. The van der Waals surface area contributed by atoms with Crippen LogP contribution in [0.25, 0.3) is 10.9 Å². The van der Waals surface area contributed by atoms with Gasteiger partial charge in [-0.25, -0.2) is 13.2 Å². The van der Waals surface area contributed by atoms with Crippen LogP contribution in [0.2, 0.25) is 0 Å². The molecule has 3 aromatic rings. The molecule has 1 aromatic heterocycles. The SMILES string of the molecule is COC(=O)C#CC[C@H]1c2[nH]c3ccccc3c2CCN1S(=O)(=O)c1ccccc1[N+](=O)[O-]. The minimum Gasteiger partial charge on any atom is -0.459 e. The number of nitro groups is 1. The van der Waals surface area contributed by atoms with Gasteiger partial charge in [-0.3, -0.25) is 10.1 Å². The first-order chi connectivity index (χ1) is 15.3. The Hall–Kier alpha value is -3.68. The fourth-order valence-corrected chi connectivity index (χ4v) is 5.77. The molecule has 164 valence electrons. The average Bonchev–Trinajstić information content (AvgIpc) is 3.18. The number of nitro benzene ring substituents is 1. The zero-order chi connectivity index (χ0) is 22.9. The summed E-state index contributed by atoms with van der Waals surface area (Å²) in [6, 6.07) is 12.1. The number of hydrogen-bond donors (Lipinski definition) is 1. The van der Waals surface area contributed by atoms with Crippen molar-refractivity contribution in [2.75, 3.05) is 13.7 Å². The van der Waals surface area contributed by atoms with Gasteiger partial charge in [-0.1, -0.05) is 36.3 Å². The molecular weight excluding hydrogens is 434 g/mol. The number of aromatic amines is 1. The highest BCUT2D eigenvalue weighted by Gasteiger charge is 2.40. The number of fused-ring (bicyclic) bond motifs is 3. The first-order valence-electron chi connectivity index (χ1n) is 9.76. The van der Waals surface area contributed by atoms with E-state index in [1.807, 2.05) is 24.3 Å². The number of H-pyrrole nitrogens is 1. The second-order valence-electron chi connectivity index (χ2n) is 7.17. The molecule has 0 saturated heterocycles. The molecule has 32 heavy (non-hydrogen) atoms. The van der Waals surface area contributed by atoms with Crippen LogP contribution in [0.3, 0.4) is 0 Å². The third kappa shape index (κ3) is 3.72. The summed E-state index contributed by atoms with van der Waals surface area (Å²) in [5.41, 5.74) is 2.00. The lowest BCUT2D eigenvalue weighted by Crippen LogP contribution is -2.40. The van der Waals surface area contributed by atoms with E-state index in [2.05, 4.69) is 21.6 Å². The van der Waals surface area contributed by atoms with E-state index >= 15 is 0 Å². The molecule has 2 aromatic carbocycles. The van der Waals surface area contributed by atoms with E-state index in [9.17, 15) is 23.3 Å². The van der Waals surface area contributed by atoms with Crippen LogP contribution in [0.15, 0.2) is 53.4 Å². The van der Waals surface area contributed by atoms with Gasteiger partial charge in [-0.15, -0.1) is 0 Å². The van der Waals surface area contributed by atoms with E-state index in [0.717, 1.165) is 22.5 Å². The quantitative estimate of drug-likeness (QED) is 0.213. The number of sulfonamides is 1. The summed E-state index contributed by atoms with van der Waals surface area (Å²) in [6.45, 7) is 0.119. The number of aromatic nitrogens is 1. The number of nitrogens with zero attached hydrogens (tertiary/aromatic N) is 2. The lowest BCUT2D eigenvalue weighted by molar-refractivity contribution is -0.387. The summed E-state index contributed by atoms with van der Waals surface area (Å²) in [5, 5.41) is 12.5. The largest absolute Gasteiger partial charge is 0.459 e. The van der Waals surface area contributed by atoms with Gasteiger partial charge < -0.3 is 9.72 Å². The van der Waals surface area contributed by atoms with Crippen molar-refractivity contribution < 1.29 is 22.9 Å². The second kappa shape index (κ2) is 8.45. The summed E-state index contributed by atoms with van der Waals surface area (Å²) < 4.78 is 32.9. The molecule has 4 rings (SSSR count). The van der Waals surface area contributed by atoms with E-state index in [1.54, 1.807) is 0 Å². The van der Waals surface area contributed by atoms with Crippen molar-refractivity contribution in [3.8, 4) is 11.8 Å². The Balaban J connectivity index is 1.84. The first kappa shape index (κ1) is 21.5. The number of methoxy groups -OCH3 is 1. The summed E-state index contributed by atoms with van der Waals surface area (Å²) in [7, 11) is -3.03. The number of ether oxygens (including phenoxy) is 1. The van der Waals surface area contributed by atoms with Gasteiger partial charge >= 0.3 is 5.97 Å². The summed E-state index contributed by atoms with van der Waals surface area (Å²) in [4.78, 5) is 25.1. The highest BCUT2D eigenvalue weighted by atomic mass is 32.2. The van der Waals surface area contributed by atoms with Gasteiger partial charge in [-0.2, -0.15) is 4.31 Å². The average molecular weight is 453 g/mol. The Morgan fingerprint density at radius 2 is 1.97 bits per heavy atom. The maximum Gasteiger partial charge on any atom is 0.384 e. The van der Waals surface area contributed by atoms with E-state index in [4.69, 9.17) is 0 Å². The molecule has 10 heteroatoms. The Labute approximate surface area is 184 Å². The van der Waals surface area contributed by atoms with Gasteiger partial charge in [0.2, 0.25) is 0 Å². The van der Waals surface area contributed by atoms with Crippen LogP contribution < -0.4 is 0 Å². The standard InChI is InChI=1S/C22H19N3O6S/c1-31-21(26)12-6-10-19-22-16(15-7-2-3-8-17(15)23-22)13-14-24(19)32(29,30)20-11-5-4-9-18(20)25(27)28/h2-5,7-9,11,19,23H,10,13-14H2,1H3/t19-/m0/s1. The Bertz CT molecular complexity index is 1380. The molecule has 1 atom stereocenters. The zero-order valence-electron chi connectivity index (χ0n) is 17.1. The van der Waals surface area contributed by atoms with Gasteiger partial charge in [0.15, 0.2) is 4.90 Å². The number of carbonyl (C=O) groups excluding carboxylic acids is 1. The number of para-hydroxylation sites is 2. The molecular formula is C22H19N3O6S. The van der Waals surface area contributed by atoms with Crippen molar-refractivity contribution >= 4 is 32.6 Å². The lowest BCUT2D eigenvalue weighted by atomic mass is 9.97. The number of carbonyl (C=O) groups is 1. The van der Waals surface area contributed by atoms with Crippen molar-refractivity contribution in [3.63, 3.8) is 0 Å². The van der Waals surface area contributed by atoms with E-state index in [1.165, 1.54) is 29.6 Å². The van der Waals surface area contributed by atoms with Crippen molar-refractivity contribution in [1.82, 2.24) is 9.29 Å². The number of benzene rings is 2. The molecule has 0 saturated carbocycles. The molecule has 0 spiro atoms. The van der Waals surface area contributed by atoms with Gasteiger partial charge in [0.1, 0.15) is 0 Å². The summed E-state index contributed by atoms with van der Waals surface area (Å²) >= 11 is 0. The molecule has 2 heterocycles. The Kier molecular flexibility index (Phi) is 5.69. The van der Waals surface area contributed by atoms with Gasteiger partial charge in [0.05, 0.1) is 18.1 Å². The molecule has 0 unspecified atom stereocenters. The third-order valence-electron chi connectivity index (χ3n) is 5.43. The van der Waals surface area contributed by atoms with Gasteiger partial charge in [0.25, 0.3) is 15.7 Å². The molecule has 1 aliphatic rings. The second-order valence-corrected chi connectivity index (χ2v) is 9.03. The van der Waals surface area contributed by atoms with Crippen LogP contribution in [0.4, 0.5) is 5.69 Å². The molecule has 1 N–H and O–H groups in total. The highest BCUT2D eigenvalue weighted by molar-refractivity contribution is 7.89. The van der Waals surface area contributed by atoms with E-state index < -0.39 is 32.6 Å². The summed E-state index contributed by atoms with van der Waals surface area (Å²) in [5.74, 6) is 4.30. The highest BCUT2D eigenvalue weighted by Crippen LogP contribution is 2.40. The van der Waals surface area contributed by atoms with Crippen molar-refractivity contribution in [3.05, 3.63) is 69.9 Å². The van der Waals surface area contributed by atoms with Gasteiger partial charge in [-0.05, 0) is 24.1 Å². The fraction of sp³-hybridized carbons (Fsp3) is 0.227. The number of hydrogen-bond acceptors (Lipinski definition) is 6. The smallest absolute Gasteiger partial charge is 0.384 e. The van der Waals surface area contributed by atoms with Crippen LogP contribution >= 0.6 is 0 Å². The maximum atomic E-state index is 13.6. The van der Waals surface area contributed by atoms with E-state index in [0.29, 0.717) is 12.1 Å². The maximum absolute atomic E-state index is 13.6. The van der Waals surface area contributed by atoms with Gasteiger partial charge in [0, 0.05) is 41.5 Å². The predicted molar refractivity (Wildman–Crippen MR) is 116 cm³/mol. The normalized spacial score (nSPS) is 16.1. The Morgan fingerprint density at radius 3 is 2.72 bits per heavy atom. The molecule has 0 fully saturated rings.